The molecule has 0 unspecified atom stereocenters. The molecule has 1 spiro atoms. The summed E-state index contributed by atoms with van der Waals surface area (Å²) < 4.78 is 10.8. The van der Waals surface area contributed by atoms with Crippen molar-refractivity contribution in [3.63, 3.8) is 0 Å². The fourth-order valence-corrected chi connectivity index (χ4v) is 5.89. The summed E-state index contributed by atoms with van der Waals surface area (Å²) in [5.41, 5.74) is 3.09. The SMILES string of the molecule is COc1cc(OC)cc(N2C(=O)CS[C@]23C(=O)N(Cc2ccc(Cl)cc2)c2ccccc23)c1. The molecule has 0 aliphatic carbocycles. The van der Waals surface area contributed by atoms with Crippen LogP contribution >= 0.6 is 23.4 Å². The number of para-hydroxylation sites is 1. The first-order valence-electron chi connectivity index (χ1n) is 10.3. The number of halogens is 1. The van der Waals surface area contributed by atoms with Crippen LogP contribution in [0.2, 0.25) is 5.02 Å². The molecule has 1 fully saturated rings. The predicted octanol–water partition coefficient (Wildman–Crippen LogP) is 4.84. The predicted molar refractivity (Wildman–Crippen MR) is 130 cm³/mol. The fourth-order valence-electron chi connectivity index (χ4n) is 4.41. The van der Waals surface area contributed by atoms with E-state index < -0.39 is 4.87 Å². The van der Waals surface area contributed by atoms with Crippen molar-refractivity contribution < 1.29 is 19.1 Å². The van der Waals surface area contributed by atoms with Crippen molar-refractivity contribution in [1.82, 2.24) is 0 Å². The Hall–Kier alpha value is -3.16. The molecule has 168 valence electrons. The monoisotopic (exact) mass is 480 g/mol. The number of benzene rings is 3. The smallest absolute Gasteiger partial charge is 0.269 e. The molecule has 0 radical (unpaired) electrons. The van der Waals surface area contributed by atoms with Crippen molar-refractivity contribution in [2.24, 2.45) is 0 Å². The second-order valence-electron chi connectivity index (χ2n) is 7.77. The third-order valence-electron chi connectivity index (χ3n) is 5.91. The maximum Gasteiger partial charge on any atom is 0.269 e. The third kappa shape index (κ3) is 3.43. The van der Waals surface area contributed by atoms with Crippen molar-refractivity contribution in [3.8, 4) is 11.5 Å². The van der Waals surface area contributed by atoms with Crippen molar-refractivity contribution >= 4 is 46.6 Å². The molecule has 2 amide bonds. The van der Waals surface area contributed by atoms with Gasteiger partial charge in [-0.15, -0.1) is 11.8 Å². The number of methoxy groups -OCH3 is 2. The van der Waals surface area contributed by atoms with E-state index in [0.29, 0.717) is 28.8 Å². The molecule has 5 rings (SSSR count). The molecule has 33 heavy (non-hydrogen) atoms. The lowest BCUT2D eigenvalue weighted by atomic mass is 10.0. The summed E-state index contributed by atoms with van der Waals surface area (Å²) in [5, 5.41) is 0.637. The summed E-state index contributed by atoms with van der Waals surface area (Å²) in [5.74, 6) is 0.971. The van der Waals surface area contributed by atoms with E-state index in [2.05, 4.69) is 0 Å². The van der Waals surface area contributed by atoms with E-state index in [9.17, 15) is 9.59 Å². The molecule has 1 atom stereocenters. The number of nitrogens with zero attached hydrogens (tertiary/aromatic N) is 2. The molecule has 8 heteroatoms. The first-order chi connectivity index (χ1) is 16.0. The van der Waals surface area contributed by atoms with Gasteiger partial charge < -0.3 is 14.4 Å². The number of amides is 2. The Balaban J connectivity index is 1.64. The van der Waals surface area contributed by atoms with Gasteiger partial charge in [-0.2, -0.15) is 0 Å². The van der Waals surface area contributed by atoms with Gasteiger partial charge in [0, 0.05) is 28.8 Å². The number of rotatable bonds is 5. The Morgan fingerprint density at radius 1 is 0.970 bits per heavy atom. The van der Waals surface area contributed by atoms with Crippen LogP contribution in [-0.2, 0) is 21.0 Å². The maximum atomic E-state index is 14.1. The van der Waals surface area contributed by atoms with Crippen LogP contribution in [0.25, 0.3) is 0 Å². The van der Waals surface area contributed by atoms with E-state index in [1.807, 2.05) is 48.5 Å². The van der Waals surface area contributed by atoms with Gasteiger partial charge in [-0.1, -0.05) is 41.9 Å². The normalized spacial score (nSPS) is 19.4. The zero-order valence-corrected chi connectivity index (χ0v) is 19.7. The molecular formula is C25H21ClN2O4S. The zero-order valence-electron chi connectivity index (χ0n) is 18.1. The van der Waals surface area contributed by atoms with Crippen LogP contribution in [0.4, 0.5) is 11.4 Å². The average molecular weight is 481 g/mol. The molecule has 1 saturated heterocycles. The van der Waals surface area contributed by atoms with Gasteiger partial charge in [-0.3, -0.25) is 14.5 Å². The molecule has 0 saturated carbocycles. The Morgan fingerprint density at radius 3 is 2.30 bits per heavy atom. The molecule has 2 aliphatic rings. The number of carbonyl (C=O) groups excluding carboxylic acids is 2. The van der Waals surface area contributed by atoms with Gasteiger partial charge in [0.15, 0.2) is 0 Å². The molecular weight excluding hydrogens is 460 g/mol. The molecule has 0 aromatic heterocycles. The van der Waals surface area contributed by atoms with Gasteiger partial charge in [-0.25, -0.2) is 0 Å². The van der Waals surface area contributed by atoms with Crippen LogP contribution in [0.1, 0.15) is 11.1 Å². The van der Waals surface area contributed by atoms with E-state index in [4.69, 9.17) is 21.1 Å². The number of fused-ring (bicyclic) bond motifs is 2. The van der Waals surface area contributed by atoms with Crippen molar-refractivity contribution in [3.05, 3.63) is 82.9 Å². The summed E-state index contributed by atoms with van der Waals surface area (Å²) in [4.78, 5) is 29.5. The van der Waals surface area contributed by atoms with Gasteiger partial charge in [-0.05, 0) is 23.8 Å². The largest absolute Gasteiger partial charge is 0.497 e. The summed E-state index contributed by atoms with van der Waals surface area (Å²) in [7, 11) is 3.11. The van der Waals surface area contributed by atoms with E-state index in [0.717, 1.165) is 16.8 Å². The highest BCUT2D eigenvalue weighted by molar-refractivity contribution is 8.02. The lowest BCUT2D eigenvalue weighted by molar-refractivity contribution is -0.123. The highest BCUT2D eigenvalue weighted by Gasteiger charge is 2.61. The molecule has 6 nitrogen and oxygen atoms in total. The number of anilines is 2. The van der Waals surface area contributed by atoms with Crippen molar-refractivity contribution in [2.45, 2.75) is 11.4 Å². The second-order valence-corrected chi connectivity index (χ2v) is 9.37. The fraction of sp³-hybridized carbons (Fsp3) is 0.200. The second kappa shape index (κ2) is 8.32. The summed E-state index contributed by atoms with van der Waals surface area (Å²) in [6.45, 7) is 0.374. The lowest BCUT2D eigenvalue weighted by Crippen LogP contribution is -2.49. The van der Waals surface area contributed by atoms with Gasteiger partial charge in [0.05, 0.1) is 37.9 Å². The topological polar surface area (TPSA) is 59.1 Å². The van der Waals surface area contributed by atoms with Crippen LogP contribution in [0.15, 0.2) is 66.7 Å². The van der Waals surface area contributed by atoms with Gasteiger partial charge in [0.2, 0.25) is 10.8 Å². The Bertz CT molecular complexity index is 1230. The molecule has 2 heterocycles. The third-order valence-corrected chi connectivity index (χ3v) is 7.55. The average Bonchev–Trinajstić information content (AvgIpc) is 3.31. The van der Waals surface area contributed by atoms with Crippen LogP contribution < -0.4 is 19.3 Å². The van der Waals surface area contributed by atoms with Gasteiger partial charge >= 0.3 is 0 Å². The minimum Gasteiger partial charge on any atom is -0.497 e. The Labute approximate surface area is 201 Å². The zero-order chi connectivity index (χ0) is 23.2. The molecule has 3 aromatic rings. The van der Waals surface area contributed by atoms with Gasteiger partial charge in [0.1, 0.15) is 11.5 Å². The Kier molecular flexibility index (Phi) is 5.46. The van der Waals surface area contributed by atoms with Crippen LogP contribution in [0.5, 0.6) is 11.5 Å². The van der Waals surface area contributed by atoms with Crippen LogP contribution in [0.3, 0.4) is 0 Å². The first kappa shape index (κ1) is 21.7. The quantitative estimate of drug-likeness (QED) is 0.523. The number of thioether (sulfide) groups is 1. The maximum absolute atomic E-state index is 14.1. The minimum atomic E-state index is -1.20. The summed E-state index contributed by atoms with van der Waals surface area (Å²) in [6.07, 6.45) is 0. The lowest BCUT2D eigenvalue weighted by Gasteiger charge is -2.33. The first-order valence-corrected chi connectivity index (χ1v) is 11.7. The summed E-state index contributed by atoms with van der Waals surface area (Å²) in [6, 6.07) is 20.3. The van der Waals surface area contributed by atoms with E-state index >= 15 is 0 Å². The van der Waals surface area contributed by atoms with E-state index in [1.165, 1.54) is 11.8 Å². The number of carbonyl (C=O) groups is 2. The highest BCUT2D eigenvalue weighted by atomic mass is 35.5. The van der Waals surface area contributed by atoms with E-state index in [1.54, 1.807) is 42.2 Å². The number of hydrogen-bond acceptors (Lipinski definition) is 5. The van der Waals surface area contributed by atoms with E-state index in [-0.39, 0.29) is 17.6 Å². The highest BCUT2D eigenvalue weighted by Crippen LogP contribution is 2.56. The van der Waals surface area contributed by atoms with Crippen molar-refractivity contribution in [1.29, 1.82) is 0 Å². The summed E-state index contributed by atoms with van der Waals surface area (Å²) >= 11 is 7.38. The molecule has 0 bridgehead atoms. The van der Waals surface area contributed by atoms with Gasteiger partial charge in [0.25, 0.3) is 5.91 Å². The number of ether oxygens (including phenoxy) is 2. The number of hydrogen-bond donors (Lipinski definition) is 0. The van der Waals surface area contributed by atoms with Crippen molar-refractivity contribution in [2.75, 3.05) is 29.8 Å². The minimum absolute atomic E-state index is 0.146. The molecule has 2 aliphatic heterocycles. The molecule has 3 aromatic carbocycles. The van der Waals surface area contributed by atoms with Crippen LogP contribution in [-0.4, -0.2) is 31.8 Å². The molecule has 0 N–H and O–H groups in total. The Morgan fingerprint density at radius 2 is 1.64 bits per heavy atom. The van der Waals surface area contributed by atoms with Crippen LogP contribution in [0, 0.1) is 0 Å². The standard InChI is InChI=1S/C25H21ClN2O4S/c1-31-19-11-18(12-20(13-19)32-2)28-23(29)15-33-25(28)21-5-3-4-6-22(21)27(24(25)30)14-16-7-9-17(26)10-8-16/h3-13H,14-15H2,1-2H3/t25-/m1/s1.